The van der Waals surface area contributed by atoms with Crippen LogP contribution in [0.15, 0.2) is 12.2 Å². The number of aliphatic hydroxyl groups is 1. The summed E-state index contributed by atoms with van der Waals surface area (Å²) in [6, 6.07) is -1.13. The number of carboxylic acid groups (broad SMARTS) is 1. The van der Waals surface area contributed by atoms with Gasteiger partial charge in [0.1, 0.15) is 6.04 Å². The molecule has 0 bridgehead atoms. The third-order valence-electron chi connectivity index (χ3n) is 0.514. The van der Waals surface area contributed by atoms with Gasteiger partial charge in [-0.15, -0.1) is 6.58 Å². The summed E-state index contributed by atoms with van der Waals surface area (Å²) in [6.07, 6.45) is 0. The van der Waals surface area contributed by atoms with Crippen molar-refractivity contribution in [3.8, 4) is 0 Å². The van der Waals surface area contributed by atoms with Crippen LogP contribution in [0.4, 0.5) is 0 Å². The molecule has 0 aromatic carbocycles. The molecule has 0 fully saturated rings. The molecule has 0 aromatic heterocycles. The molecule has 0 aliphatic heterocycles. The van der Waals surface area contributed by atoms with Crippen LogP contribution >= 0.6 is 0 Å². The van der Waals surface area contributed by atoms with Crippen molar-refractivity contribution in [2.24, 2.45) is 5.73 Å². The Morgan fingerprint density at radius 2 is 1.91 bits per heavy atom. The van der Waals surface area contributed by atoms with E-state index < -0.39 is 18.6 Å². The summed E-state index contributed by atoms with van der Waals surface area (Å²) in [4.78, 5) is 9.65. The number of aliphatic carboxylic acids is 1. The van der Waals surface area contributed by atoms with Crippen molar-refractivity contribution in [1.82, 2.24) is 0 Å². The molecule has 0 rings (SSSR count). The molecule has 0 radical (unpaired) electrons. The molecule has 0 aliphatic carbocycles. The quantitative estimate of drug-likeness (QED) is 0.497. The van der Waals surface area contributed by atoms with E-state index in [9.17, 15) is 4.79 Å². The Kier molecular flexibility index (Phi) is 8.41. The molecule has 0 heterocycles. The molecule has 4 nitrogen and oxygen atoms in total. The number of rotatable bonds is 2. The fourth-order valence-electron chi connectivity index (χ4n) is 0.0781. The summed E-state index contributed by atoms with van der Waals surface area (Å²) in [6.45, 7) is 7.00. The minimum Gasteiger partial charge on any atom is -0.480 e. The van der Waals surface area contributed by atoms with Crippen molar-refractivity contribution in [3.63, 3.8) is 0 Å². The van der Waals surface area contributed by atoms with Gasteiger partial charge < -0.3 is 15.9 Å². The second-order valence-electron chi connectivity index (χ2n) is 2.33. The minimum atomic E-state index is -1.18. The highest BCUT2D eigenvalue weighted by molar-refractivity contribution is 5.73. The molecule has 0 spiro atoms. The van der Waals surface area contributed by atoms with Crippen LogP contribution in [0.25, 0.3) is 0 Å². The van der Waals surface area contributed by atoms with E-state index in [-0.39, 0.29) is 0 Å². The highest BCUT2D eigenvalue weighted by Crippen LogP contribution is 1.73. The van der Waals surface area contributed by atoms with Crippen LogP contribution in [-0.4, -0.2) is 28.8 Å². The second kappa shape index (κ2) is 7.24. The zero-order valence-electron chi connectivity index (χ0n) is 6.87. The first-order chi connectivity index (χ1) is 4.91. The van der Waals surface area contributed by atoms with Crippen molar-refractivity contribution in [1.29, 1.82) is 0 Å². The third kappa shape index (κ3) is 17.6. The van der Waals surface area contributed by atoms with Crippen molar-refractivity contribution < 1.29 is 15.0 Å². The average molecular weight is 161 g/mol. The van der Waals surface area contributed by atoms with E-state index in [4.69, 9.17) is 15.9 Å². The van der Waals surface area contributed by atoms with Gasteiger partial charge in [0.2, 0.25) is 0 Å². The average Bonchev–Trinajstić information content (AvgIpc) is 1.85. The van der Waals surface area contributed by atoms with Crippen molar-refractivity contribution >= 4 is 5.97 Å². The Bertz CT molecular complexity index is 130. The fourth-order valence-corrected chi connectivity index (χ4v) is 0.0781. The zero-order chi connectivity index (χ0) is 9.44. The number of nitrogens with two attached hydrogens (primary N) is 1. The van der Waals surface area contributed by atoms with E-state index in [0.717, 1.165) is 0 Å². The van der Waals surface area contributed by atoms with Crippen molar-refractivity contribution in [3.05, 3.63) is 12.2 Å². The minimum absolute atomic E-state index is 0.505. The summed E-state index contributed by atoms with van der Waals surface area (Å²) >= 11 is 0. The van der Waals surface area contributed by atoms with Gasteiger partial charge in [-0.25, -0.2) is 0 Å². The van der Waals surface area contributed by atoms with Gasteiger partial charge in [0.05, 0.1) is 6.61 Å². The van der Waals surface area contributed by atoms with Gasteiger partial charge >= 0.3 is 5.97 Å². The number of hydrogen-bond acceptors (Lipinski definition) is 3. The smallest absolute Gasteiger partial charge is 0.322 e. The largest absolute Gasteiger partial charge is 0.480 e. The Balaban J connectivity index is 0. The van der Waals surface area contributed by atoms with Gasteiger partial charge in [-0.2, -0.15) is 0 Å². The molecular weight excluding hydrogens is 146 g/mol. The normalized spacial score (nSPS) is 10.9. The summed E-state index contributed by atoms with van der Waals surface area (Å²) in [5.41, 5.74) is 5.93. The molecule has 0 saturated carbocycles. The molecule has 66 valence electrons. The Labute approximate surface area is 66.3 Å². The second-order valence-corrected chi connectivity index (χ2v) is 2.33. The number of allylic oxidation sites excluding steroid dienone is 1. The van der Waals surface area contributed by atoms with Gasteiger partial charge in [-0.3, -0.25) is 4.79 Å². The molecule has 4 heteroatoms. The third-order valence-corrected chi connectivity index (χ3v) is 0.514. The van der Waals surface area contributed by atoms with E-state index in [2.05, 4.69) is 6.58 Å². The van der Waals surface area contributed by atoms with Gasteiger partial charge in [-0.1, -0.05) is 5.57 Å². The molecule has 1 atom stereocenters. The molecule has 11 heavy (non-hydrogen) atoms. The maximum atomic E-state index is 9.65. The first-order valence-electron chi connectivity index (χ1n) is 3.13. The molecule has 0 saturated heterocycles. The number of aliphatic hydroxyl groups excluding tert-OH is 1. The van der Waals surface area contributed by atoms with E-state index in [0.29, 0.717) is 0 Å². The highest BCUT2D eigenvalue weighted by atomic mass is 16.4. The summed E-state index contributed by atoms with van der Waals surface area (Å²) in [7, 11) is 0. The molecule has 0 amide bonds. The molecule has 0 aliphatic rings. The first kappa shape index (κ1) is 12.8. The van der Waals surface area contributed by atoms with Gasteiger partial charge in [0, 0.05) is 0 Å². The van der Waals surface area contributed by atoms with E-state index in [1.54, 1.807) is 0 Å². The lowest BCUT2D eigenvalue weighted by Gasteiger charge is -1.96. The zero-order valence-corrected chi connectivity index (χ0v) is 6.87. The Morgan fingerprint density at radius 1 is 1.64 bits per heavy atom. The number of carbonyl (C=O) groups is 1. The summed E-state index contributed by atoms with van der Waals surface area (Å²) in [5.74, 6) is -1.18. The molecule has 0 unspecified atom stereocenters. The SMILES string of the molecule is C=C(C)C.N[C@@H](CO)C(=O)O. The number of hydrogen-bond donors (Lipinski definition) is 3. The van der Waals surface area contributed by atoms with Crippen LogP contribution in [0.5, 0.6) is 0 Å². The first-order valence-corrected chi connectivity index (χ1v) is 3.13. The highest BCUT2D eigenvalue weighted by Gasteiger charge is 2.06. The summed E-state index contributed by atoms with van der Waals surface area (Å²) < 4.78 is 0. The summed E-state index contributed by atoms with van der Waals surface area (Å²) in [5, 5.41) is 15.9. The molecule has 0 aromatic rings. The molecular formula is C7H15NO3. The van der Waals surface area contributed by atoms with Crippen LogP contribution in [-0.2, 0) is 4.79 Å². The van der Waals surface area contributed by atoms with Crippen LogP contribution < -0.4 is 5.73 Å². The Hall–Kier alpha value is -0.870. The maximum Gasteiger partial charge on any atom is 0.322 e. The fraction of sp³-hybridized carbons (Fsp3) is 0.571. The monoisotopic (exact) mass is 161 g/mol. The lowest BCUT2D eigenvalue weighted by atomic mass is 10.3. The lowest BCUT2D eigenvalue weighted by Crippen LogP contribution is -2.33. The van der Waals surface area contributed by atoms with E-state index in [1.165, 1.54) is 5.57 Å². The predicted octanol–water partition coefficient (Wildman–Crippen LogP) is -0.0270. The number of carboxylic acids is 1. The maximum absolute atomic E-state index is 9.65. The standard InChI is InChI=1S/C4H8.C3H7NO3/c1-4(2)3;4-2(1-5)3(6)7/h1H2,2-3H3;2,5H,1,4H2,(H,6,7)/t;2-/m.0/s1. The Morgan fingerprint density at radius 3 is 1.91 bits per heavy atom. The van der Waals surface area contributed by atoms with Gasteiger partial charge in [0.25, 0.3) is 0 Å². The van der Waals surface area contributed by atoms with Crippen LogP contribution in [0.3, 0.4) is 0 Å². The lowest BCUT2D eigenvalue weighted by molar-refractivity contribution is -0.139. The van der Waals surface area contributed by atoms with Crippen molar-refractivity contribution in [2.45, 2.75) is 19.9 Å². The van der Waals surface area contributed by atoms with E-state index in [1.807, 2.05) is 13.8 Å². The van der Waals surface area contributed by atoms with E-state index >= 15 is 0 Å². The predicted molar refractivity (Wildman–Crippen MR) is 43.2 cm³/mol. The van der Waals surface area contributed by atoms with Crippen LogP contribution in [0.2, 0.25) is 0 Å². The van der Waals surface area contributed by atoms with Gasteiger partial charge in [0.15, 0.2) is 0 Å². The molecule has 4 N–H and O–H groups in total. The topological polar surface area (TPSA) is 83.5 Å². The van der Waals surface area contributed by atoms with Crippen molar-refractivity contribution in [2.75, 3.05) is 6.61 Å². The van der Waals surface area contributed by atoms with Gasteiger partial charge in [-0.05, 0) is 13.8 Å². The van der Waals surface area contributed by atoms with Crippen LogP contribution in [0.1, 0.15) is 13.8 Å². The van der Waals surface area contributed by atoms with Crippen LogP contribution in [0, 0.1) is 0 Å².